The Hall–Kier alpha value is -2.46. The molecule has 2 aromatic rings. The largest absolute Gasteiger partial charge is 0.338 e. The first-order valence-corrected chi connectivity index (χ1v) is 8.60. The van der Waals surface area contributed by atoms with Crippen LogP contribution in [0.1, 0.15) is 19.4 Å². The summed E-state index contributed by atoms with van der Waals surface area (Å²) in [6.45, 7) is 4.50. The second-order valence-corrected chi connectivity index (χ2v) is 6.47. The van der Waals surface area contributed by atoms with E-state index in [2.05, 4.69) is 27.1 Å². The van der Waals surface area contributed by atoms with Gasteiger partial charge in [-0.25, -0.2) is 9.07 Å². The van der Waals surface area contributed by atoms with Gasteiger partial charge in [-0.15, -0.1) is 0 Å². The van der Waals surface area contributed by atoms with Gasteiger partial charge in [-0.3, -0.25) is 4.79 Å². The quantitative estimate of drug-likeness (QED) is 0.687. The number of hydrogen-bond acceptors (Lipinski definition) is 3. The minimum absolute atomic E-state index is 0.204. The van der Waals surface area contributed by atoms with E-state index in [1.165, 1.54) is 16.8 Å². The van der Waals surface area contributed by atoms with Crippen LogP contribution in [-0.4, -0.2) is 33.7 Å². The number of hydrogen-bond donors (Lipinski definition) is 0. The summed E-state index contributed by atoms with van der Waals surface area (Å²) in [7, 11) is 0. The molecule has 25 heavy (non-hydrogen) atoms. The summed E-state index contributed by atoms with van der Waals surface area (Å²) in [5.41, 5.74) is 0.900. The lowest BCUT2D eigenvalue weighted by atomic mass is 10.1. The summed E-state index contributed by atoms with van der Waals surface area (Å²) in [5, 5.41) is 12.9. The van der Waals surface area contributed by atoms with Gasteiger partial charge >= 0.3 is 0 Å². The van der Waals surface area contributed by atoms with E-state index in [4.69, 9.17) is 5.26 Å². The number of rotatable bonds is 6. The van der Waals surface area contributed by atoms with Crippen LogP contribution >= 0.6 is 15.9 Å². The molecule has 0 aliphatic carbocycles. The first-order valence-electron chi connectivity index (χ1n) is 7.81. The smallest absolute Gasteiger partial charge is 0.246 e. The predicted molar refractivity (Wildman–Crippen MR) is 97.3 cm³/mol. The first kappa shape index (κ1) is 18.9. The molecule has 1 atom stereocenters. The predicted octanol–water partition coefficient (Wildman–Crippen LogP) is 3.80. The van der Waals surface area contributed by atoms with E-state index in [-0.39, 0.29) is 11.8 Å². The number of carbonyl (C=O) groups excluding carboxylic acids is 1. The fraction of sp³-hybridized carbons (Fsp3) is 0.278. The van der Waals surface area contributed by atoms with Crippen molar-refractivity contribution in [2.24, 2.45) is 5.92 Å². The van der Waals surface area contributed by atoms with Gasteiger partial charge in [-0.1, -0.05) is 6.07 Å². The molecule has 0 bridgehead atoms. The van der Waals surface area contributed by atoms with Gasteiger partial charge in [0.2, 0.25) is 5.91 Å². The molecule has 0 fully saturated rings. The number of carbonyl (C=O) groups is 1. The van der Waals surface area contributed by atoms with Crippen molar-refractivity contribution in [1.82, 2.24) is 14.7 Å². The fourth-order valence-corrected chi connectivity index (χ4v) is 2.55. The van der Waals surface area contributed by atoms with Crippen LogP contribution in [0.3, 0.4) is 0 Å². The Morgan fingerprint density at radius 1 is 1.56 bits per heavy atom. The third kappa shape index (κ3) is 5.00. The molecule has 1 aromatic carbocycles. The highest BCUT2D eigenvalue weighted by Crippen LogP contribution is 2.18. The minimum atomic E-state index is -0.435. The highest BCUT2D eigenvalue weighted by atomic mass is 79.9. The maximum Gasteiger partial charge on any atom is 0.246 e. The zero-order valence-electron chi connectivity index (χ0n) is 14.0. The van der Waals surface area contributed by atoms with Gasteiger partial charge in [0.15, 0.2) is 0 Å². The molecule has 2 rings (SSSR count). The zero-order chi connectivity index (χ0) is 18.4. The number of halogens is 2. The topological polar surface area (TPSA) is 61.9 Å². The normalized spacial score (nSPS) is 12.1. The Labute approximate surface area is 154 Å². The van der Waals surface area contributed by atoms with E-state index in [9.17, 15) is 9.18 Å². The van der Waals surface area contributed by atoms with Crippen LogP contribution in [-0.2, 0) is 4.79 Å². The van der Waals surface area contributed by atoms with E-state index in [1.54, 1.807) is 42.4 Å². The summed E-state index contributed by atoms with van der Waals surface area (Å²) in [6, 6.07) is 6.78. The molecule has 7 heteroatoms. The fourth-order valence-electron chi connectivity index (χ4n) is 2.26. The van der Waals surface area contributed by atoms with Crippen molar-refractivity contribution in [2.75, 3.05) is 13.1 Å². The summed E-state index contributed by atoms with van der Waals surface area (Å²) >= 11 is 3.27. The molecule has 0 aliphatic heterocycles. The highest BCUT2D eigenvalue weighted by Gasteiger charge is 2.12. The molecule has 0 aliphatic rings. The summed E-state index contributed by atoms with van der Waals surface area (Å²) in [4.78, 5) is 13.8. The Bertz CT molecular complexity index is 825. The van der Waals surface area contributed by atoms with Gasteiger partial charge in [0.05, 0.1) is 22.7 Å². The molecule has 0 spiro atoms. The summed E-state index contributed by atoms with van der Waals surface area (Å²) in [5.74, 6) is -0.872. The molecule has 0 saturated heterocycles. The van der Waals surface area contributed by atoms with Gasteiger partial charge in [0.25, 0.3) is 0 Å². The molecule has 1 aromatic heterocycles. The lowest BCUT2D eigenvalue weighted by Gasteiger charge is -2.20. The molecule has 1 unspecified atom stereocenters. The van der Waals surface area contributed by atoms with Crippen LogP contribution in [0, 0.1) is 23.1 Å². The number of likely N-dealkylation sites (N-methyl/N-ethyl adjacent to an activating group) is 1. The van der Waals surface area contributed by atoms with E-state index in [1.807, 2.05) is 6.92 Å². The number of aromatic nitrogens is 2. The van der Waals surface area contributed by atoms with Crippen LogP contribution in [0.25, 0.3) is 11.8 Å². The Balaban J connectivity index is 2.12. The molecule has 0 saturated carbocycles. The average molecular weight is 405 g/mol. The Morgan fingerprint density at radius 3 is 2.88 bits per heavy atom. The lowest BCUT2D eigenvalue weighted by molar-refractivity contribution is -0.126. The second-order valence-electron chi connectivity index (χ2n) is 5.55. The Kier molecular flexibility index (Phi) is 6.48. The number of benzene rings is 1. The highest BCUT2D eigenvalue weighted by molar-refractivity contribution is 9.10. The number of nitrogens with zero attached hydrogens (tertiary/aromatic N) is 4. The number of nitriles is 1. The summed E-state index contributed by atoms with van der Waals surface area (Å²) < 4.78 is 16.5. The average Bonchev–Trinajstić information content (AvgIpc) is 3.03. The lowest BCUT2D eigenvalue weighted by Crippen LogP contribution is -2.32. The first-order chi connectivity index (χ1) is 11.9. The molecular formula is C18H18BrFN4O. The van der Waals surface area contributed by atoms with Gasteiger partial charge in [-0.05, 0) is 53.5 Å². The zero-order valence-corrected chi connectivity index (χ0v) is 15.6. The van der Waals surface area contributed by atoms with E-state index >= 15 is 0 Å². The molecule has 1 heterocycles. The van der Waals surface area contributed by atoms with Gasteiger partial charge in [0.1, 0.15) is 11.5 Å². The van der Waals surface area contributed by atoms with Crippen LogP contribution in [0.15, 0.2) is 41.1 Å². The van der Waals surface area contributed by atoms with E-state index in [0.29, 0.717) is 24.3 Å². The molecule has 130 valence electrons. The molecule has 0 N–H and O–H groups in total. The van der Waals surface area contributed by atoms with Gasteiger partial charge < -0.3 is 4.90 Å². The van der Waals surface area contributed by atoms with Crippen molar-refractivity contribution in [1.29, 1.82) is 5.26 Å². The van der Waals surface area contributed by atoms with Crippen LogP contribution < -0.4 is 0 Å². The van der Waals surface area contributed by atoms with Crippen molar-refractivity contribution >= 4 is 27.9 Å². The van der Waals surface area contributed by atoms with Crippen molar-refractivity contribution < 1.29 is 9.18 Å². The van der Waals surface area contributed by atoms with Gasteiger partial charge in [-0.2, -0.15) is 10.4 Å². The van der Waals surface area contributed by atoms with Gasteiger partial charge in [0, 0.05) is 25.4 Å². The summed E-state index contributed by atoms with van der Waals surface area (Å²) in [6.07, 6.45) is 6.20. The van der Waals surface area contributed by atoms with E-state index in [0.717, 1.165) is 4.47 Å². The molecule has 0 radical (unpaired) electrons. The maximum atomic E-state index is 14.3. The monoisotopic (exact) mass is 404 g/mol. The minimum Gasteiger partial charge on any atom is -0.338 e. The third-order valence-electron chi connectivity index (χ3n) is 3.60. The second kappa shape index (κ2) is 8.58. The van der Waals surface area contributed by atoms with Crippen molar-refractivity contribution in [2.45, 2.75) is 13.8 Å². The molecular weight excluding hydrogens is 387 g/mol. The number of amides is 1. The van der Waals surface area contributed by atoms with Crippen molar-refractivity contribution in [3.05, 3.63) is 52.5 Å². The van der Waals surface area contributed by atoms with Crippen LogP contribution in [0.2, 0.25) is 0 Å². The maximum absolute atomic E-state index is 14.3. The SMILES string of the molecule is CCN(CC(C)C#N)C(=O)/C=C/c1ccc(-n2cc(Br)cn2)c(F)c1. The standard InChI is InChI=1S/C18H18BrFN4O/c1-3-23(11-13(2)9-21)18(25)7-5-14-4-6-17(16(20)8-14)24-12-15(19)10-22-24/h4-8,10,12-13H,3,11H2,1-2H3/b7-5+. The van der Waals surface area contributed by atoms with Crippen molar-refractivity contribution in [3.8, 4) is 11.8 Å². The molecule has 5 nitrogen and oxygen atoms in total. The third-order valence-corrected chi connectivity index (χ3v) is 4.01. The molecule has 1 amide bonds. The van der Waals surface area contributed by atoms with Crippen LogP contribution in [0.5, 0.6) is 0 Å². The van der Waals surface area contributed by atoms with E-state index < -0.39 is 5.82 Å². The van der Waals surface area contributed by atoms with Crippen LogP contribution in [0.4, 0.5) is 4.39 Å². The van der Waals surface area contributed by atoms with Crippen molar-refractivity contribution in [3.63, 3.8) is 0 Å². The Morgan fingerprint density at radius 2 is 2.32 bits per heavy atom.